The molecule has 4 rings (SSSR count). The van der Waals surface area contributed by atoms with Crippen LogP contribution in [0.4, 0.5) is 18.3 Å². The minimum Gasteiger partial charge on any atom is -0.482 e. The molecule has 11 heteroatoms. The lowest BCUT2D eigenvalue weighted by Gasteiger charge is -2.43. The van der Waals surface area contributed by atoms with Gasteiger partial charge in [-0.15, -0.1) is 0 Å². The van der Waals surface area contributed by atoms with Crippen LogP contribution in [0.2, 0.25) is 0 Å². The predicted molar refractivity (Wildman–Crippen MR) is 128 cm³/mol. The summed E-state index contributed by atoms with van der Waals surface area (Å²) in [4.78, 5) is 24.0. The number of aliphatic carboxylic acids is 1. The number of hydrogen-bond acceptors (Lipinski definition) is 7. The lowest BCUT2D eigenvalue weighted by atomic mass is 9.99. The molecule has 1 aromatic carbocycles. The number of carboxylic acid groups (broad SMARTS) is 1. The van der Waals surface area contributed by atoms with Crippen LogP contribution in [0, 0.1) is 12.8 Å². The van der Waals surface area contributed by atoms with Gasteiger partial charge in [0, 0.05) is 32.2 Å². The molecular formula is C24H27F3N4O3S. The minimum absolute atomic E-state index is 0.124. The van der Waals surface area contributed by atoms with Gasteiger partial charge in [-0.3, -0.25) is 4.90 Å². The number of aryl methyl sites for hydroxylation is 1. The Balaban J connectivity index is 1.50. The number of fused-ring (bicyclic) bond motifs is 1. The zero-order chi connectivity index (χ0) is 25.3. The number of carbonyl (C=O) groups is 1. The molecule has 0 aliphatic carbocycles. The predicted octanol–water partition coefficient (Wildman–Crippen LogP) is 4.83. The van der Waals surface area contributed by atoms with Crippen molar-refractivity contribution in [3.05, 3.63) is 47.2 Å². The average Bonchev–Trinajstić information content (AvgIpc) is 3.20. The third-order valence-electron chi connectivity index (χ3n) is 5.93. The number of rotatable bonds is 7. The van der Waals surface area contributed by atoms with Crippen LogP contribution in [0.3, 0.4) is 0 Å². The number of benzene rings is 1. The molecule has 0 amide bonds. The molecule has 3 aromatic rings. The van der Waals surface area contributed by atoms with Gasteiger partial charge in [-0.25, -0.2) is 14.8 Å². The number of nitrogens with zero attached hydrogens (tertiary/aromatic N) is 4. The van der Waals surface area contributed by atoms with Crippen molar-refractivity contribution in [1.29, 1.82) is 0 Å². The summed E-state index contributed by atoms with van der Waals surface area (Å²) < 4.78 is 44.6. The zero-order valence-electron chi connectivity index (χ0n) is 19.7. The molecule has 1 atom stereocenters. The highest BCUT2D eigenvalue weighted by atomic mass is 32.1. The average molecular weight is 509 g/mol. The second-order valence-corrected chi connectivity index (χ2v) is 10.0. The zero-order valence-corrected chi connectivity index (χ0v) is 20.5. The minimum atomic E-state index is -4.49. The van der Waals surface area contributed by atoms with E-state index >= 15 is 0 Å². The number of aromatic nitrogens is 2. The van der Waals surface area contributed by atoms with Crippen LogP contribution in [-0.4, -0.2) is 58.2 Å². The molecule has 0 bridgehead atoms. The number of piperazine rings is 1. The number of pyridine rings is 1. The number of halogens is 3. The summed E-state index contributed by atoms with van der Waals surface area (Å²) in [7, 11) is 0. The maximum Gasteiger partial charge on any atom is 0.433 e. The smallest absolute Gasteiger partial charge is 0.433 e. The molecule has 0 saturated carbocycles. The van der Waals surface area contributed by atoms with Crippen LogP contribution in [0.15, 0.2) is 30.3 Å². The van der Waals surface area contributed by atoms with Crippen molar-refractivity contribution < 1.29 is 27.8 Å². The van der Waals surface area contributed by atoms with E-state index in [2.05, 4.69) is 39.7 Å². The van der Waals surface area contributed by atoms with E-state index in [-0.39, 0.29) is 16.8 Å². The number of hydrogen-bond donors (Lipinski definition) is 1. The topological polar surface area (TPSA) is 78.8 Å². The van der Waals surface area contributed by atoms with E-state index in [1.165, 1.54) is 17.4 Å². The van der Waals surface area contributed by atoms with E-state index in [0.717, 1.165) is 30.3 Å². The van der Waals surface area contributed by atoms with Gasteiger partial charge in [0.2, 0.25) is 0 Å². The Hall–Kier alpha value is -2.92. The third-order valence-corrected chi connectivity index (χ3v) is 6.93. The summed E-state index contributed by atoms with van der Waals surface area (Å²) in [5.41, 5.74) is 1.58. The molecule has 1 unspecified atom stereocenters. The molecule has 2 aromatic heterocycles. The maximum absolute atomic E-state index is 13.1. The SMILES string of the molecule is Cc1cc(CN2CCN(c3nc4ccc(C(F)(F)F)nc4s3)C(C(C)C)C2)cc(OCC(=O)O)c1. The normalized spacial score (nSPS) is 17.3. The summed E-state index contributed by atoms with van der Waals surface area (Å²) in [5, 5.41) is 9.56. The van der Waals surface area contributed by atoms with Crippen molar-refractivity contribution in [2.24, 2.45) is 5.92 Å². The van der Waals surface area contributed by atoms with Gasteiger partial charge in [0.15, 0.2) is 11.7 Å². The van der Waals surface area contributed by atoms with E-state index < -0.39 is 24.4 Å². The summed E-state index contributed by atoms with van der Waals surface area (Å²) in [5.74, 6) is -0.208. The lowest BCUT2D eigenvalue weighted by Crippen LogP contribution is -2.55. The van der Waals surface area contributed by atoms with Gasteiger partial charge >= 0.3 is 12.1 Å². The Labute approximate surface area is 205 Å². The molecule has 1 aliphatic rings. The molecule has 1 saturated heterocycles. The van der Waals surface area contributed by atoms with Gasteiger partial charge in [0.05, 0.1) is 0 Å². The molecule has 35 heavy (non-hydrogen) atoms. The van der Waals surface area contributed by atoms with Gasteiger partial charge in [0.1, 0.15) is 21.8 Å². The summed E-state index contributed by atoms with van der Waals surface area (Å²) in [6, 6.07) is 8.21. The van der Waals surface area contributed by atoms with Gasteiger partial charge in [-0.05, 0) is 48.2 Å². The van der Waals surface area contributed by atoms with Crippen LogP contribution >= 0.6 is 11.3 Å². The highest BCUT2D eigenvalue weighted by Crippen LogP contribution is 2.35. The van der Waals surface area contributed by atoms with Gasteiger partial charge in [-0.2, -0.15) is 13.2 Å². The Morgan fingerprint density at radius 2 is 2.00 bits per heavy atom. The number of carboxylic acids is 1. The Morgan fingerprint density at radius 1 is 1.23 bits per heavy atom. The quantitative estimate of drug-likeness (QED) is 0.490. The number of alkyl halides is 3. The molecule has 1 N–H and O–H groups in total. The fourth-order valence-electron chi connectivity index (χ4n) is 4.31. The van der Waals surface area contributed by atoms with Crippen LogP contribution in [0.1, 0.15) is 30.7 Å². The van der Waals surface area contributed by atoms with E-state index in [1.807, 2.05) is 19.1 Å². The van der Waals surface area contributed by atoms with Crippen molar-refractivity contribution in [2.75, 3.05) is 31.1 Å². The highest BCUT2D eigenvalue weighted by Gasteiger charge is 2.34. The highest BCUT2D eigenvalue weighted by molar-refractivity contribution is 7.21. The van der Waals surface area contributed by atoms with E-state index in [9.17, 15) is 18.0 Å². The van der Waals surface area contributed by atoms with E-state index in [0.29, 0.717) is 29.5 Å². The van der Waals surface area contributed by atoms with Crippen LogP contribution in [0.25, 0.3) is 10.3 Å². The standard InChI is InChI=1S/C24H27F3N4O3S/c1-14(2)19-12-30(11-16-8-15(3)9-17(10-16)34-13-21(32)33)6-7-31(19)23-28-18-4-5-20(24(25,26)27)29-22(18)35-23/h4-5,8-10,14,19H,6-7,11-13H2,1-3H3,(H,32,33). The summed E-state index contributed by atoms with van der Waals surface area (Å²) in [6.07, 6.45) is -4.49. The Morgan fingerprint density at radius 3 is 2.69 bits per heavy atom. The molecular weight excluding hydrogens is 481 g/mol. The largest absolute Gasteiger partial charge is 0.482 e. The summed E-state index contributed by atoms with van der Waals surface area (Å²) in [6.45, 7) is 8.67. The first-order valence-corrected chi connectivity index (χ1v) is 12.1. The van der Waals surface area contributed by atoms with Crippen LogP contribution in [0.5, 0.6) is 5.75 Å². The van der Waals surface area contributed by atoms with Gasteiger partial charge in [0.25, 0.3) is 0 Å². The van der Waals surface area contributed by atoms with Gasteiger partial charge < -0.3 is 14.7 Å². The van der Waals surface area contributed by atoms with Crippen LogP contribution < -0.4 is 9.64 Å². The molecule has 0 radical (unpaired) electrons. The van der Waals surface area contributed by atoms with E-state index in [4.69, 9.17) is 9.84 Å². The maximum atomic E-state index is 13.1. The van der Waals surface area contributed by atoms with Gasteiger partial charge in [-0.1, -0.05) is 31.3 Å². The van der Waals surface area contributed by atoms with Crippen molar-refractivity contribution in [3.8, 4) is 5.75 Å². The van der Waals surface area contributed by atoms with Crippen molar-refractivity contribution in [2.45, 2.75) is 39.5 Å². The fourth-order valence-corrected chi connectivity index (χ4v) is 5.33. The molecule has 0 spiro atoms. The molecule has 7 nitrogen and oxygen atoms in total. The van der Waals surface area contributed by atoms with Crippen molar-refractivity contribution >= 4 is 32.8 Å². The first kappa shape index (κ1) is 25.2. The lowest BCUT2D eigenvalue weighted by molar-refractivity contribution is -0.141. The molecule has 1 aliphatic heterocycles. The molecule has 3 heterocycles. The Kier molecular flexibility index (Phi) is 7.18. The number of anilines is 1. The first-order chi connectivity index (χ1) is 16.5. The molecule has 1 fully saturated rings. The van der Waals surface area contributed by atoms with Crippen LogP contribution in [-0.2, 0) is 17.5 Å². The summed E-state index contributed by atoms with van der Waals surface area (Å²) >= 11 is 1.19. The van der Waals surface area contributed by atoms with Crippen molar-refractivity contribution in [3.63, 3.8) is 0 Å². The number of thiazole rings is 1. The first-order valence-electron chi connectivity index (χ1n) is 11.3. The number of ether oxygens (including phenoxy) is 1. The fraction of sp³-hybridized carbons (Fsp3) is 0.458. The van der Waals surface area contributed by atoms with E-state index in [1.54, 1.807) is 0 Å². The Bertz CT molecular complexity index is 1210. The van der Waals surface area contributed by atoms with Crippen molar-refractivity contribution in [1.82, 2.24) is 14.9 Å². The second-order valence-electron chi connectivity index (χ2n) is 9.09. The molecule has 188 valence electrons. The monoisotopic (exact) mass is 508 g/mol. The third kappa shape index (κ3) is 6.02. The second kappa shape index (κ2) is 9.98.